The maximum Gasteiger partial charge on any atom is 0.249 e. The van der Waals surface area contributed by atoms with E-state index in [2.05, 4.69) is 10.6 Å². The van der Waals surface area contributed by atoms with Crippen LogP contribution in [0.1, 0.15) is 6.42 Å². The van der Waals surface area contributed by atoms with Gasteiger partial charge in [0.05, 0.1) is 6.04 Å². The van der Waals surface area contributed by atoms with Gasteiger partial charge in [-0.15, -0.1) is 24.2 Å². The van der Waals surface area contributed by atoms with Gasteiger partial charge in [0.2, 0.25) is 11.8 Å². The highest BCUT2D eigenvalue weighted by atomic mass is 35.5. The van der Waals surface area contributed by atoms with E-state index in [1.165, 1.54) is 0 Å². The van der Waals surface area contributed by atoms with Crippen LogP contribution in [0.2, 0.25) is 5.02 Å². The van der Waals surface area contributed by atoms with Gasteiger partial charge < -0.3 is 10.2 Å². The number of nitrogens with one attached hydrogen (secondary N) is 2. The lowest BCUT2D eigenvalue weighted by atomic mass is 10.2. The zero-order valence-electron chi connectivity index (χ0n) is 11.8. The third kappa shape index (κ3) is 3.68. The molecule has 2 amide bonds. The molecule has 8 heteroatoms. The Morgan fingerprint density at radius 3 is 2.95 bits per heavy atom. The molecule has 0 aliphatic carbocycles. The highest BCUT2D eigenvalue weighted by molar-refractivity contribution is 7.99. The summed E-state index contributed by atoms with van der Waals surface area (Å²) >= 11 is 7.65. The maximum absolute atomic E-state index is 12.4. The zero-order valence-corrected chi connectivity index (χ0v) is 14.1. The van der Waals surface area contributed by atoms with Crippen LogP contribution in [0.4, 0.5) is 5.69 Å². The molecule has 0 radical (unpaired) electrons. The molecule has 0 bridgehead atoms. The predicted octanol–water partition coefficient (Wildman–Crippen LogP) is 1.65. The number of hydrogen-bond donors (Lipinski definition) is 2. The van der Waals surface area contributed by atoms with E-state index in [-0.39, 0.29) is 30.3 Å². The van der Waals surface area contributed by atoms with Crippen molar-refractivity contribution in [3.05, 3.63) is 29.3 Å². The van der Waals surface area contributed by atoms with Gasteiger partial charge in [0.1, 0.15) is 6.04 Å². The summed E-state index contributed by atoms with van der Waals surface area (Å²) in [5.74, 6) is 1.37. The molecule has 0 aromatic heterocycles. The number of nitrogens with zero attached hydrogens (tertiary/aromatic N) is 1. The molecular formula is C14H17Cl2N3O2S. The molecule has 22 heavy (non-hydrogen) atoms. The number of halogens is 2. The van der Waals surface area contributed by atoms with Gasteiger partial charge in [-0.25, -0.2) is 0 Å². The molecule has 2 unspecified atom stereocenters. The van der Waals surface area contributed by atoms with Crippen molar-refractivity contribution in [2.45, 2.75) is 18.5 Å². The van der Waals surface area contributed by atoms with Gasteiger partial charge in [0, 0.05) is 28.9 Å². The number of thioether (sulfide) groups is 1. The van der Waals surface area contributed by atoms with E-state index < -0.39 is 6.04 Å². The van der Waals surface area contributed by atoms with Gasteiger partial charge in [0.15, 0.2) is 0 Å². The number of anilines is 1. The molecule has 0 spiro atoms. The van der Waals surface area contributed by atoms with Crippen LogP contribution in [0, 0.1) is 0 Å². The number of carbonyl (C=O) groups excluding carboxylic acids is 2. The number of carbonyl (C=O) groups is 2. The highest BCUT2D eigenvalue weighted by Crippen LogP contribution is 2.24. The molecule has 2 fully saturated rings. The fraction of sp³-hybridized carbons (Fsp3) is 0.429. The van der Waals surface area contributed by atoms with E-state index in [0.29, 0.717) is 18.0 Å². The van der Waals surface area contributed by atoms with Crippen LogP contribution in [0.5, 0.6) is 0 Å². The fourth-order valence-electron chi connectivity index (χ4n) is 2.55. The molecule has 1 aromatic carbocycles. The molecule has 2 heterocycles. The minimum absolute atomic E-state index is 0. The van der Waals surface area contributed by atoms with Gasteiger partial charge >= 0.3 is 0 Å². The minimum Gasteiger partial charge on any atom is -0.343 e. The first kappa shape index (κ1) is 17.4. The van der Waals surface area contributed by atoms with Crippen LogP contribution < -0.4 is 15.5 Å². The van der Waals surface area contributed by atoms with Crippen molar-refractivity contribution in [2.24, 2.45) is 0 Å². The molecule has 1 aromatic rings. The first-order chi connectivity index (χ1) is 10.1. The highest BCUT2D eigenvalue weighted by Gasteiger charge is 2.35. The Hall–Kier alpha value is -0.950. The summed E-state index contributed by atoms with van der Waals surface area (Å²) in [7, 11) is 0. The van der Waals surface area contributed by atoms with E-state index in [0.717, 1.165) is 17.3 Å². The predicted molar refractivity (Wildman–Crippen MR) is 91.8 cm³/mol. The summed E-state index contributed by atoms with van der Waals surface area (Å²) in [4.78, 5) is 26.1. The Morgan fingerprint density at radius 2 is 2.27 bits per heavy atom. The topological polar surface area (TPSA) is 61.4 Å². The zero-order chi connectivity index (χ0) is 14.8. The van der Waals surface area contributed by atoms with E-state index in [9.17, 15) is 9.59 Å². The Bertz CT molecular complexity index is 567. The monoisotopic (exact) mass is 361 g/mol. The van der Waals surface area contributed by atoms with E-state index >= 15 is 0 Å². The van der Waals surface area contributed by atoms with E-state index in [1.807, 2.05) is 12.1 Å². The number of benzene rings is 1. The first-order valence-corrected chi connectivity index (χ1v) is 8.37. The van der Waals surface area contributed by atoms with Crippen molar-refractivity contribution in [3.63, 3.8) is 0 Å². The minimum atomic E-state index is -0.441. The molecule has 2 aliphatic rings. The molecule has 2 aliphatic heterocycles. The normalized spacial score (nSPS) is 24.2. The molecule has 2 saturated heterocycles. The number of rotatable bonds is 3. The SMILES string of the molecule is Cl.O=C(NC1CCN(c2cccc(Cl)c2)C1=O)C1CSCN1. The summed E-state index contributed by atoms with van der Waals surface area (Å²) in [6.45, 7) is 0.594. The van der Waals surface area contributed by atoms with Gasteiger partial charge in [-0.1, -0.05) is 17.7 Å². The van der Waals surface area contributed by atoms with Crippen molar-refractivity contribution in [1.82, 2.24) is 10.6 Å². The van der Waals surface area contributed by atoms with Crippen molar-refractivity contribution in [1.29, 1.82) is 0 Å². The second kappa shape index (κ2) is 7.55. The molecular weight excluding hydrogens is 345 g/mol. The lowest BCUT2D eigenvalue weighted by molar-refractivity contribution is -0.127. The molecule has 2 atom stereocenters. The van der Waals surface area contributed by atoms with Gasteiger partial charge in [-0.05, 0) is 24.6 Å². The van der Waals surface area contributed by atoms with Crippen LogP contribution >= 0.6 is 35.8 Å². The van der Waals surface area contributed by atoms with Gasteiger partial charge in [-0.3, -0.25) is 14.9 Å². The van der Waals surface area contributed by atoms with Crippen molar-refractivity contribution < 1.29 is 9.59 Å². The summed E-state index contributed by atoms with van der Waals surface area (Å²) < 4.78 is 0. The second-order valence-corrected chi connectivity index (χ2v) is 6.56. The summed E-state index contributed by atoms with van der Waals surface area (Å²) in [5.41, 5.74) is 0.777. The number of hydrogen-bond acceptors (Lipinski definition) is 4. The summed E-state index contributed by atoms with van der Waals surface area (Å²) in [6.07, 6.45) is 0.622. The Labute approximate surface area is 144 Å². The standard InChI is InChI=1S/C14H16ClN3O2S.ClH/c15-9-2-1-3-10(6-9)18-5-4-11(14(18)20)17-13(19)12-7-21-8-16-12;/h1-3,6,11-12,16H,4-5,7-8H2,(H,17,19);1H. The van der Waals surface area contributed by atoms with Crippen LogP contribution in [-0.4, -0.2) is 42.1 Å². The maximum atomic E-state index is 12.4. The molecule has 5 nitrogen and oxygen atoms in total. The molecule has 120 valence electrons. The summed E-state index contributed by atoms with van der Waals surface area (Å²) in [6, 6.07) is 6.57. The lowest BCUT2D eigenvalue weighted by Crippen LogP contribution is -2.49. The lowest BCUT2D eigenvalue weighted by Gasteiger charge is -2.18. The fourth-order valence-corrected chi connectivity index (χ4v) is 3.68. The quantitative estimate of drug-likeness (QED) is 0.859. The Kier molecular flexibility index (Phi) is 5.97. The molecule has 2 N–H and O–H groups in total. The van der Waals surface area contributed by atoms with Crippen LogP contribution in [0.25, 0.3) is 0 Å². The Balaban J connectivity index is 0.00000176. The average molecular weight is 362 g/mol. The van der Waals surface area contributed by atoms with Crippen molar-refractivity contribution >= 4 is 53.3 Å². The first-order valence-electron chi connectivity index (χ1n) is 6.83. The third-order valence-electron chi connectivity index (χ3n) is 3.67. The molecule has 3 rings (SSSR count). The van der Waals surface area contributed by atoms with E-state index in [4.69, 9.17) is 11.6 Å². The van der Waals surface area contributed by atoms with Crippen LogP contribution in [0.15, 0.2) is 24.3 Å². The molecule has 0 saturated carbocycles. The van der Waals surface area contributed by atoms with Gasteiger partial charge in [0.25, 0.3) is 0 Å². The average Bonchev–Trinajstić information content (AvgIpc) is 3.10. The number of amides is 2. The van der Waals surface area contributed by atoms with Crippen LogP contribution in [-0.2, 0) is 9.59 Å². The third-order valence-corrected chi connectivity index (χ3v) is 4.85. The summed E-state index contributed by atoms with van der Waals surface area (Å²) in [5, 5.41) is 6.55. The smallest absolute Gasteiger partial charge is 0.249 e. The second-order valence-electron chi connectivity index (χ2n) is 5.09. The van der Waals surface area contributed by atoms with Crippen LogP contribution in [0.3, 0.4) is 0 Å². The largest absolute Gasteiger partial charge is 0.343 e. The van der Waals surface area contributed by atoms with E-state index in [1.54, 1.807) is 28.8 Å². The van der Waals surface area contributed by atoms with Gasteiger partial charge in [-0.2, -0.15) is 0 Å². The Morgan fingerprint density at radius 1 is 1.45 bits per heavy atom. The van der Waals surface area contributed by atoms with Crippen molar-refractivity contribution in [2.75, 3.05) is 23.1 Å². The van der Waals surface area contributed by atoms with Crippen molar-refractivity contribution in [3.8, 4) is 0 Å².